The Morgan fingerprint density at radius 3 is 1.29 bits per heavy atom. The smallest absolute Gasteiger partial charge is 0.306 e. The number of ether oxygens (including phenoxy) is 6. The Morgan fingerprint density at radius 2 is 0.841 bits per heavy atom. The van der Waals surface area contributed by atoms with Gasteiger partial charge in [-0.3, -0.25) is 4.79 Å². The van der Waals surface area contributed by atoms with E-state index >= 15 is 0 Å². The third-order valence-corrected chi connectivity index (χ3v) is 12.6. The van der Waals surface area contributed by atoms with Crippen molar-refractivity contribution in [1.82, 2.24) is 0 Å². The molecule has 0 aromatic carbocycles. The molecule has 14 nitrogen and oxygen atoms in total. The number of carbonyl (C=O) groups excluding carboxylic acids is 1. The van der Waals surface area contributed by atoms with Crippen LogP contribution in [0.2, 0.25) is 0 Å². The lowest BCUT2D eigenvalue weighted by atomic mass is 9.98. The van der Waals surface area contributed by atoms with Gasteiger partial charge in [-0.05, 0) is 12.8 Å². The molecule has 14 heteroatoms. The third kappa shape index (κ3) is 26.2. The molecule has 2 aliphatic heterocycles. The zero-order chi connectivity index (χ0) is 45.9. The molecule has 63 heavy (non-hydrogen) atoms. The van der Waals surface area contributed by atoms with Crippen LogP contribution in [0.1, 0.15) is 206 Å². The fourth-order valence-corrected chi connectivity index (χ4v) is 8.40. The van der Waals surface area contributed by atoms with Crippen molar-refractivity contribution in [3.63, 3.8) is 0 Å². The number of carbonyl (C=O) groups is 1. The molecule has 0 aliphatic carbocycles. The van der Waals surface area contributed by atoms with E-state index in [0.29, 0.717) is 13.0 Å². The van der Waals surface area contributed by atoms with Crippen LogP contribution in [0.5, 0.6) is 0 Å². The molecule has 11 unspecified atom stereocenters. The van der Waals surface area contributed by atoms with E-state index in [1.54, 1.807) is 0 Å². The summed E-state index contributed by atoms with van der Waals surface area (Å²) in [5, 5.41) is 72.0. The molecule has 0 radical (unpaired) electrons. The first-order chi connectivity index (χ1) is 30.6. The van der Waals surface area contributed by atoms with Crippen LogP contribution in [0, 0.1) is 0 Å². The van der Waals surface area contributed by atoms with Crippen molar-refractivity contribution in [3.05, 3.63) is 0 Å². The number of unbranched alkanes of at least 4 members (excludes halogenated alkanes) is 27. The van der Waals surface area contributed by atoms with Gasteiger partial charge >= 0.3 is 5.97 Å². The fourth-order valence-electron chi connectivity index (χ4n) is 8.40. The minimum Gasteiger partial charge on any atom is -0.457 e. The molecular weight excluding hydrogens is 813 g/mol. The van der Waals surface area contributed by atoms with Crippen molar-refractivity contribution in [2.45, 2.75) is 274 Å². The van der Waals surface area contributed by atoms with Gasteiger partial charge in [0.15, 0.2) is 12.6 Å². The van der Waals surface area contributed by atoms with Crippen molar-refractivity contribution in [1.29, 1.82) is 0 Å². The average molecular weight is 907 g/mol. The predicted molar refractivity (Wildman–Crippen MR) is 243 cm³/mol. The van der Waals surface area contributed by atoms with Crippen LogP contribution in [0.3, 0.4) is 0 Å². The fraction of sp³-hybridized carbons (Fsp3) is 0.980. The number of rotatable bonds is 41. The number of hydrogen-bond acceptors (Lipinski definition) is 14. The van der Waals surface area contributed by atoms with E-state index in [9.17, 15) is 40.5 Å². The molecule has 2 heterocycles. The first-order valence-corrected chi connectivity index (χ1v) is 25.6. The Morgan fingerprint density at radius 1 is 0.460 bits per heavy atom. The Balaban J connectivity index is 1.75. The van der Waals surface area contributed by atoms with E-state index < -0.39 is 80.7 Å². The van der Waals surface area contributed by atoms with Gasteiger partial charge in [-0.2, -0.15) is 0 Å². The lowest BCUT2D eigenvalue weighted by molar-refractivity contribution is -0.332. The van der Waals surface area contributed by atoms with Gasteiger partial charge in [0.25, 0.3) is 0 Å². The highest BCUT2D eigenvalue weighted by molar-refractivity contribution is 5.69. The lowest BCUT2D eigenvalue weighted by Gasteiger charge is -2.42. The minimum atomic E-state index is -1.70. The highest BCUT2D eigenvalue weighted by atomic mass is 16.7. The van der Waals surface area contributed by atoms with Crippen molar-refractivity contribution in [2.24, 2.45) is 0 Å². The highest BCUT2D eigenvalue weighted by Gasteiger charge is 2.47. The molecule has 0 amide bonds. The first kappa shape index (κ1) is 58.1. The van der Waals surface area contributed by atoms with Crippen molar-refractivity contribution < 1.29 is 69.0 Å². The largest absolute Gasteiger partial charge is 0.457 e. The van der Waals surface area contributed by atoms with Crippen LogP contribution in [0.25, 0.3) is 0 Å². The van der Waals surface area contributed by atoms with Gasteiger partial charge in [0.2, 0.25) is 0 Å². The standard InChI is InChI=1S/C49H94O14/c1-3-5-7-9-11-13-15-17-18-19-20-21-23-25-27-29-31-33-58-35-38(61-41(51)32-30-28-26-24-22-16-14-12-10-8-6-4-2)36-59-48-47(57)45(55)43(53)40(63-48)37-60-49-46(56)44(54)42(52)39(34-50)62-49/h38-40,42-50,52-57H,3-37H2,1-2H3. The highest BCUT2D eigenvalue weighted by Crippen LogP contribution is 2.26. The van der Waals surface area contributed by atoms with Crippen LogP contribution in [-0.2, 0) is 33.2 Å². The summed E-state index contributed by atoms with van der Waals surface area (Å²) in [7, 11) is 0. The molecular formula is C49H94O14. The summed E-state index contributed by atoms with van der Waals surface area (Å²) < 4.78 is 34.3. The second-order valence-corrected chi connectivity index (χ2v) is 18.4. The van der Waals surface area contributed by atoms with E-state index in [1.807, 2.05) is 0 Å². The van der Waals surface area contributed by atoms with Crippen LogP contribution in [0.15, 0.2) is 0 Å². The Labute approximate surface area is 381 Å². The van der Waals surface area contributed by atoms with Crippen molar-refractivity contribution >= 4 is 5.97 Å². The molecule has 0 spiro atoms. The summed E-state index contributed by atoms with van der Waals surface area (Å²) >= 11 is 0. The van der Waals surface area contributed by atoms with Crippen LogP contribution in [0.4, 0.5) is 0 Å². The van der Waals surface area contributed by atoms with E-state index in [-0.39, 0.29) is 25.6 Å². The number of aliphatic hydroxyl groups excluding tert-OH is 7. The predicted octanol–water partition coefficient (Wildman–Crippen LogP) is 7.30. The number of aliphatic hydroxyl groups is 7. The number of esters is 1. The van der Waals surface area contributed by atoms with E-state index in [0.717, 1.165) is 38.5 Å². The Hall–Kier alpha value is -1.01. The van der Waals surface area contributed by atoms with E-state index in [4.69, 9.17) is 28.4 Å². The molecule has 2 fully saturated rings. The Bertz CT molecular complexity index is 1050. The topological polar surface area (TPSA) is 214 Å². The van der Waals surface area contributed by atoms with Gasteiger partial charge in [-0.25, -0.2) is 0 Å². The summed E-state index contributed by atoms with van der Waals surface area (Å²) in [6.07, 6.45) is 20.2. The van der Waals surface area contributed by atoms with Gasteiger partial charge < -0.3 is 64.2 Å². The SMILES string of the molecule is CCCCCCCCCCCCCCCCCCCOCC(COC1OC(COC2OC(CO)C(O)C(O)C2O)C(O)C(O)C1O)OC(=O)CCCCCCCCCCCCCC. The Kier molecular flexibility index (Phi) is 35.1. The normalized spacial score (nSPS) is 26.9. The zero-order valence-corrected chi connectivity index (χ0v) is 39.6. The maximum absolute atomic E-state index is 13.0. The van der Waals surface area contributed by atoms with Crippen molar-refractivity contribution in [2.75, 3.05) is 33.0 Å². The quantitative estimate of drug-likeness (QED) is 0.0237. The lowest BCUT2D eigenvalue weighted by Crippen LogP contribution is -2.61. The van der Waals surface area contributed by atoms with Gasteiger partial charge in [0.1, 0.15) is 54.9 Å². The number of hydrogen-bond donors (Lipinski definition) is 7. The van der Waals surface area contributed by atoms with Gasteiger partial charge in [-0.1, -0.05) is 187 Å². The molecule has 0 bridgehead atoms. The molecule has 2 rings (SSSR count). The third-order valence-electron chi connectivity index (χ3n) is 12.6. The van der Waals surface area contributed by atoms with E-state index in [2.05, 4.69) is 13.8 Å². The molecule has 0 saturated carbocycles. The summed E-state index contributed by atoms with van der Waals surface area (Å²) in [6, 6.07) is 0. The van der Waals surface area contributed by atoms with E-state index in [1.165, 1.54) is 141 Å². The average Bonchev–Trinajstić information content (AvgIpc) is 3.28. The molecule has 2 saturated heterocycles. The van der Waals surface area contributed by atoms with Crippen LogP contribution < -0.4 is 0 Å². The maximum atomic E-state index is 13.0. The van der Waals surface area contributed by atoms with Gasteiger partial charge in [-0.15, -0.1) is 0 Å². The molecule has 0 aromatic rings. The summed E-state index contributed by atoms with van der Waals surface area (Å²) in [5.41, 5.74) is 0. The summed E-state index contributed by atoms with van der Waals surface area (Å²) in [6.45, 7) is 3.72. The van der Waals surface area contributed by atoms with Gasteiger partial charge in [0.05, 0.1) is 26.4 Å². The minimum absolute atomic E-state index is 0.0701. The summed E-state index contributed by atoms with van der Waals surface area (Å²) in [5.74, 6) is -0.372. The molecule has 11 atom stereocenters. The molecule has 0 aromatic heterocycles. The second kappa shape index (κ2) is 38.0. The molecule has 7 N–H and O–H groups in total. The van der Waals surface area contributed by atoms with Gasteiger partial charge in [0, 0.05) is 13.0 Å². The monoisotopic (exact) mass is 907 g/mol. The van der Waals surface area contributed by atoms with Crippen LogP contribution >= 0.6 is 0 Å². The van der Waals surface area contributed by atoms with Crippen LogP contribution in [-0.4, -0.2) is 142 Å². The molecule has 2 aliphatic rings. The summed E-state index contributed by atoms with van der Waals surface area (Å²) in [4.78, 5) is 13.0. The van der Waals surface area contributed by atoms with Crippen molar-refractivity contribution in [3.8, 4) is 0 Å². The zero-order valence-electron chi connectivity index (χ0n) is 39.6. The second-order valence-electron chi connectivity index (χ2n) is 18.4. The first-order valence-electron chi connectivity index (χ1n) is 25.6. The maximum Gasteiger partial charge on any atom is 0.306 e. The molecule has 374 valence electrons.